The number of halogens is 1. The van der Waals surface area contributed by atoms with Crippen LogP contribution in [0.5, 0.6) is 5.75 Å². The summed E-state index contributed by atoms with van der Waals surface area (Å²) in [5, 5.41) is 5.80. The average molecular weight is 394 g/mol. The second-order valence-electron chi connectivity index (χ2n) is 5.39. The topological polar surface area (TPSA) is 92.9 Å². The highest BCUT2D eigenvalue weighted by molar-refractivity contribution is 8.15. The van der Waals surface area contributed by atoms with E-state index in [-0.39, 0.29) is 18.2 Å². The van der Waals surface area contributed by atoms with Crippen molar-refractivity contribution >= 4 is 46.0 Å². The molecule has 2 aromatic rings. The summed E-state index contributed by atoms with van der Waals surface area (Å²) in [6.07, 6.45) is 1.57. The number of anilines is 1. The van der Waals surface area contributed by atoms with Crippen molar-refractivity contribution in [2.45, 2.75) is 18.2 Å². The van der Waals surface area contributed by atoms with E-state index in [2.05, 4.69) is 15.6 Å². The standard InChI is InChI=1S/C17H16ClN3O4S/c1-24-13-5-4-10(18)7-12(13)20-15(22)8-14-16(23)21-17(26-14)19-9-11-3-2-6-25-11/h2-7,14H,8-9H2,1H3,(H,20,22)(H,19,21,23). The third-order valence-corrected chi connectivity index (χ3v) is 4.90. The van der Waals surface area contributed by atoms with E-state index in [0.717, 1.165) is 0 Å². The van der Waals surface area contributed by atoms with E-state index in [0.29, 0.717) is 33.9 Å². The second-order valence-corrected chi connectivity index (χ2v) is 7.02. The van der Waals surface area contributed by atoms with Gasteiger partial charge in [0.2, 0.25) is 11.8 Å². The van der Waals surface area contributed by atoms with Gasteiger partial charge in [-0.2, -0.15) is 0 Å². The van der Waals surface area contributed by atoms with E-state index in [1.807, 2.05) is 0 Å². The van der Waals surface area contributed by atoms with E-state index >= 15 is 0 Å². The molecule has 1 fully saturated rings. The molecule has 0 saturated carbocycles. The van der Waals surface area contributed by atoms with E-state index in [4.69, 9.17) is 20.8 Å². The van der Waals surface area contributed by atoms with Crippen LogP contribution in [0.2, 0.25) is 5.02 Å². The lowest BCUT2D eigenvalue weighted by molar-refractivity contribution is -0.122. The number of carbonyl (C=O) groups excluding carboxylic acids is 2. The molecular formula is C17H16ClN3O4S. The van der Waals surface area contributed by atoms with Crippen LogP contribution in [0.3, 0.4) is 0 Å². The normalized spacial score (nSPS) is 18.0. The predicted octanol–water partition coefficient (Wildman–Crippen LogP) is 3.06. The van der Waals surface area contributed by atoms with Crippen LogP contribution < -0.4 is 15.4 Å². The number of furan rings is 1. The molecule has 26 heavy (non-hydrogen) atoms. The Balaban J connectivity index is 1.58. The van der Waals surface area contributed by atoms with E-state index in [1.165, 1.54) is 18.9 Å². The van der Waals surface area contributed by atoms with Crippen LogP contribution in [0.25, 0.3) is 0 Å². The van der Waals surface area contributed by atoms with Gasteiger partial charge >= 0.3 is 0 Å². The number of hydrogen-bond donors (Lipinski definition) is 2. The van der Waals surface area contributed by atoms with E-state index in [9.17, 15) is 9.59 Å². The molecule has 7 nitrogen and oxygen atoms in total. The minimum Gasteiger partial charge on any atom is -0.495 e. The molecule has 0 radical (unpaired) electrons. The van der Waals surface area contributed by atoms with Gasteiger partial charge in [0.25, 0.3) is 0 Å². The molecule has 1 aliphatic rings. The van der Waals surface area contributed by atoms with E-state index < -0.39 is 5.25 Å². The SMILES string of the molecule is COc1ccc(Cl)cc1NC(=O)CC1SC(=NCc2ccco2)NC1=O. The first-order chi connectivity index (χ1) is 12.5. The molecule has 136 valence electrons. The predicted molar refractivity (Wildman–Crippen MR) is 101 cm³/mol. The quantitative estimate of drug-likeness (QED) is 0.786. The number of amides is 2. The van der Waals surface area contributed by atoms with Gasteiger partial charge in [-0.05, 0) is 30.3 Å². The summed E-state index contributed by atoms with van der Waals surface area (Å²) < 4.78 is 10.4. The number of hydrogen-bond acceptors (Lipinski definition) is 6. The number of rotatable bonds is 6. The van der Waals surface area contributed by atoms with E-state index in [1.54, 1.807) is 36.6 Å². The number of thioether (sulfide) groups is 1. The van der Waals surface area contributed by atoms with Crippen LogP contribution in [0.4, 0.5) is 5.69 Å². The lowest BCUT2D eigenvalue weighted by atomic mass is 10.2. The van der Waals surface area contributed by atoms with Gasteiger partial charge < -0.3 is 19.8 Å². The number of nitrogens with one attached hydrogen (secondary N) is 2. The Labute approximate surface area is 159 Å². The van der Waals surface area contributed by atoms with Crippen LogP contribution in [-0.2, 0) is 16.1 Å². The van der Waals surface area contributed by atoms with Crippen LogP contribution >= 0.6 is 23.4 Å². The van der Waals surface area contributed by atoms with Crippen molar-refractivity contribution in [3.63, 3.8) is 0 Å². The van der Waals surface area contributed by atoms with Crippen LogP contribution in [0, 0.1) is 0 Å². The lowest BCUT2D eigenvalue weighted by Gasteiger charge is -2.11. The van der Waals surface area contributed by atoms with Crippen molar-refractivity contribution in [2.24, 2.45) is 4.99 Å². The monoisotopic (exact) mass is 393 g/mol. The van der Waals surface area contributed by atoms with Gasteiger partial charge in [-0.1, -0.05) is 23.4 Å². The molecule has 9 heteroatoms. The maximum Gasteiger partial charge on any atom is 0.240 e. The van der Waals surface area contributed by atoms with Gasteiger partial charge in [0.1, 0.15) is 16.8 Å². The summed E-state index contributed by atoms with van der Waals surface area (Å²) in [7, 11) is 1.50. The molecule has 0 aliphatic carbocycles. The molecule has 1 atom stereocenters. The van der Waals surface area contributed by atoms with Gasteiger partial charge in [-0.3, -0.25) is 14.6 Å². The van der Waals surface area contributed by atoms with Crippen molar-refractivity contribution in [2.75, 3.05) is 12.4 Å². The maximum absolute atomic E-state index is 12.3. The van der Waals surface area contributed by atoms with Crippen molar-refractivity contribution < 1.29 is 18.7 Å². The Hall–Kier alpha value is -2.45. The zero-order valence-electron chi connectivity index (χ0n) is 13.8. The highest BCUT2D eigenvalue weighted by Crippen LogP contribution is 2.29. The van der Waals surface area contributed by atoms with Crippen molar-refractivity contribution in [3.05, 3.63) is 47.4 Å². The minimum atomic E-state index is -0.546. The number of amidine groups is 1. The summed E-state index contributed by atoms with van der Waals surface area (Å²) >= 11 is 7.17. The molecule has 2 N–H and O–H groups in total. The Kier molecular flexibility index (Phi) is 5.85. The van der Waals surface area contributed by atoms with Gasteiger partial charge in [0, 0.05) is 11.4 Å². The van der Waals surface area contributed by atoms with Gasteiger partial charge in [-0.25, -0.2) is 0 Å². The van der Waals surface area contributed by atoms with Crippen LogP contribution in [-0.4, -0.2) is 29.3 Å². The molecule has 0 spiro atoms. The first kappa shape index (κ1) is 18.3. The molecule has 1 aromatic carbocycles. The molecule has 3 rings (SSSR count). The summed E-state index contributed by atoms with van der Waals surface area (Å²) in [5.74, 6) is 0.625. The third-order valence-electron chi connectivity index (χ3n) is 3.54. The number of methoxy groups -OCH3 is 1. The highest BCUT2D eigenvalue weighted by Gasteiger charge is 2.32. The molecular weight excluding hydrogens is 378 g/mol. The Bertz CT molecular complexity index is 839. The lowest BCUT2D eigenvalue weighted by Crippen LogP contribution is -2.28. The zero-order chi connectivity index (χ0) is 18.5. The van der Waals surface area contributed by atoms with Crippen LogP contribution in [0.1, 0.15) is 12.2 Å². The number of aliphatic imine (C=N–C) groups is 1. The fourth-order valence-electron chi connectivity index (χ4n) is 2.31. The number of ether oxygens (including phenoxy) is 1. The smallest absolute Gasteiger partial charge is 0.240 e. The summed E-state index contributed by atoms with van der Waals surface area (Å²) in [4.78, 5) is 28.6. The largest absolute Gasteiger partial charge is 0.495 e. The van der Waals surface area contributed by atoms with Crippen LogP contribution in [0.15, 0.2) is 46.0 Å². The first-order valence-corrected chi connectivity index (χ1v) is 8.98. The highest BCUT2D eigenvalue weighted by atomic mass is 35.5. The number of benzene rings is 1. The second kappa shape index (κ2) is 8.29. The fraction of sp³-hybridized carbons (Fsp3) is 0.235. The van der Waals surface area contributed by atoms with Crippen molar-refractivity contribution in [1.82, 2.24) is 5.32 Å². The molecule has 2 heterocycles. The Morgan fingerprint density at radius 1 is 1.46 bits per heavy atom. The average Bonchev–Trinajstić information content (AvgIpc) is 3.23. The maximum atomic E-state index is 12.3. The summed E-state index contributed by atoms with van der Waals surface area (Å²) in [6.45, 7) is 0.328. The summed E-state index contributed by atoms with van der Waals surface area (Å²) in [6, 6.07) is 8.49. The molecule has 0 bridgehead atoms. The Morgan fingerprint density at radius 2 is 2.31 bits per heavy atom. The fourth-order valence-corrected chi connectivity index (χ4v) is 3.46. The minimum absolute atomic E-state index is 0.00589. The molecule has 1 aliphatic heterocycles. The van der Waals surface area contributed by atoms with Gasteiger partial charge in [0.05, 0.1) is 25.6 Å². The van der Waals surface area contributed by atoms with Gasteiger partial charge in [-0.15, -0.1) is 0 Å². The zero-order valence-corrected chi connectivity index (χ0v) is 15.4. The van der Waals surface area contributed by atoms with Crippen molar-refractivity contribution in [3.8, 4) is 5.75 Å². The Morgan fingerprint density at radius 3 is 3.04 bits per heavy atom. The first-order valence-electron chi connectivity index (χ1n) is 7.73. The number of nitrogens with zero attached hydrogens (tertiary/aromatic N) is 1. The molecule has 1 aromatic heterocycles. The molecule has 1 saturated heterocycles. The summed E-state index contributed by atoms with van der Waals surface area (Å²) in [5.41, 5.74) is 0.458. The molecule has 2 amide bonds. The van der Waals surface area contributed by atoms with Crippen molar-refractivity contribution in [1.29, 1.82) is 0 Å². The van der Waals surface area contributed by atoms with Gasteiger partial charge in [0.15, 0.2) is 5.17 Å². The third kappa shape index (κ3) is 4.59. The molecule has 1 unspecified atom stereocenters. The number of carbonyl (C=O) groups is 2.